The van der Waals surface area contributed by atoms with Crippen molar-refractivity contribution in [2.45, 2.75) is 26.7 Å². The Bertz CT molecular complexity index is 381. The normalized spacial score (nSPS) is 15.9. The lowest BCUT2D eigenvalue weighted by Gasteiger charge is -2.22. The lowest BCUT2D eigenvalue weighted by Crippen LogP contribution is -2.27. The summed E-state index contributed by atoms with van der Waals surface area (Å²) < 4.78 is 0. The maximum Gasteiger partial charge on any atom is 0.237 e. The lowest BCUT2D eigenvalue weighted by molar-refractivity contribution is -0.115. The highest BCUT2D eigenvalue weighted by Gasteiger charge is 2.25. The van der Waals surface area contributed by atoms with Crippen molar-refractivity contribution in [1.29, 1.82) is 0 Å². The van der Waals surface area contributed by atoms with Crippen molar-refractivity contribution in [2.24, 2.45) is 0 Å². The number of para-hydroxylation sites is 1. The van der Waals surface area contributed by atoms with Gasteiger partial charge in [0, 0.05) is 0 Å². The number of benzene rings is 1. The zero-order chi connectivity index (χ0) is 11.5. The van der Waals surface area contributed by atoms with Crippen LogP contribution in [0.3, 0.4) is 0 Å². The van der Waals surface area contributed by atoms with Crippen LogP contribution in [-0.4, -0.2) is 17.5 Å². The van der Waals surface area contributed by atoms with Crippen LogP contribution in [0.5, 0.6) is 0 Å². The van der Waals surface area contributed by atoms with E-state index in [9.17, 15) is 4.79 Å². The van der Waals surface area contributed by atoms with Crippen LogP contribution >= 0.6 is 11.8 Å². The molecule has 2 rings (SSSR count). The van der Waals surface area contributed by atoms with Gasteiger partial charge >= 0.3 is 0 Å². The average Bonchev–Trinajstić information content (AvgIpc) is 2.74. The number of nitrogens with zero attached hydrogens (tertiary/aromatic N) is 1. The molecule has 0 saturated carbocycles. The molecule has 1 heterocycles. The van der Waals surface area contributed by atoms with E-state index in [4.69, 9.17) is 0 Å². The number of aryl methyl sites for hydroxylation is 2. The third-order valence-corrected chi connectivity index (χ3v) is 3.87. The number of amides is 1. The van der Waals surface area contributed by atoms with E-state index in [1.165, 1.54) is 16.8 Å². The smallest absolute Gasteiger partial charge is 0.237 e. The zero-order valence-electron chi connectivity index (χ0n) is 9.82. The minimum atomic E-state index is 0.251. The number of carbonyl (C=O) groups excluding carboxylic acids is 1. The van der Waals surface area contributed by atoms with Gasteiger partial charge in [-0.15, -0.1) is 11.8 Å². The Morgan fingerprint density at radius 1 is 1.25 bits per heavy atom. The van der Waals surface area contributed by atoms with Crippen LogP contribution in [-0.2, 0) is 17.6 Å². The second-order valence-corrected chi connectivity index (χ2v) is 4.89. The molecule has 0 spiro atoms. The molecule has 3 heteroatoms. The molecule has 0 atom stereocenters. The quantitative estimate of drug-likeness (QED) is 0.803. The Labute approximate surface area is 101 Å². The largest absolute Gasteiger partial charge is 0.301 e. The predicted molar refractivity (Wildman–Crippen MR) is 70.0 cm³/mol. The predicted octanol–water partition coefficient (Wildman–Crippen LogP) is 2.85. The molecule has 0 aliphatic carbocycles. The number of hydrogen-bond acceptors (Lipinski definition) is 2. The molecule has 16 heavy (non-hydrogen) atoms. The minimum absolute atomic E-state index is 0.251. The maximum absolute atomic E-state index is 11.8. The molecule has 1 saturated heterocycles. The molecule has 2 nitrogen and oxygen atoms in total. The van der Waals surface area contributed by atoms with Crippen molar-refractivity contribution in [3.63, 3.8) is 0 Å². The molecule has 1 aromatic carbocycles. The van der Waals surface area contributed by atoms with Crippen molar-refractivity contribution in [2.75, 3.05) is 16.5 Å². The van der Waals surface area contributed by atoms with E-state index in [0.717, 1.165) is 18.7 Å². The summed E-state index contributed by atoms with van der Waals surface area (Å²) in [7, 11) is 0. The molecule has 86 valence electrons. The van der Waals surface area contributed by atoms with Crippen LogP contribution in [0.15, 0.2) is 18.2 Å². The summed E-state index contributed by atoms with van der Waals surface area (Å²) in [5, 5.41) is 0. The molecule has 0 unspecified atom stereocenters. The number of anilines is 1. The zero-order valence-corrected chi connectivity index (χ0v) is 10.6. The van der Waals surface area contributed by atoms with Gasteiger partial charge in [0.1, 0.15) is 0 Å². The third-order valence-electron chi connectivity index (χ3n) is 2.98. The SMILES string of the molecule is CCc1cccc(CC)c1N1CSCC1=O. The highest BCUT2D eigenvalue weighted by Crippen LogP contribution is 2.31. The van der Waals surface area contributed by atoms with Crippen LogP contribution in [0.2, 0.25) is 0 Å². The Kier molecular flexibility index (Phi) is 3.54. The van der Waals surface area contributed by atoms with Gasteiger partial charge in [-0.05, 0) is 24.0 Å². The fourth-order valence-corrected chi connectivity index (χ4v) is 3.00. The van der Waals surface area contributed by atoms with Gasteiger partial charge in [-0.25, -0.2) is 0 Å². The van der Waals surface area contributed by atoms with Crippen LogP contribution in [0.1, 0.15) is 25.0 Å². The van der Waals surface area contributed by atoms with Gasteiger partial charge in [0.15, 0.2) is 0 Å². The second-order valence-electron chi connectivity index (χ2n) is 3.93. The molecule has 1 aromatic rings. The van der Waals surface area contributed by atoms with Gasteiger partial charge in [0.05, 0.1) is 17.3 Å². The summed E-state index contributed by atoms with van der Waals surface area (Å²) in [5.74, 6) is 1.69. The van der Waals surface area contributed by atoms with E-state index in [0.29, 0.717) is 5.75 Å². The van der Waals surface area contributed by atoms with Crippen LogP contribution in [0.25, 0.3) is 0 Å². The molecule has 0 N–H and O–H groups in total. The third kappa shape index (κ3) is 1.96. The molecule has 0 bridgehead atoms. The number of rotatable bonds is 3. The van der Waals surface area contributed by atoms with Crippen molar-refractivity contribution in [3.8, 4) is 0 Å². The number of carbonyl (C=O) groups is 1. The minimum Gasteiger partial charge on any atom is -0.301 e. The molecule has 1 aliphatic rings. The van der Waals surface area contributed by atoms with E-state index in [-0.39, 0.29) is 5.91 Å². The van der Waals surface area contributed by atoms with Gasteiger partial charge in [-0.3, -0.25) is 4.79 Å². The lowest BCUT2D eigenvalue weighted by atomic mass is 10.0. The van der Waals surface area contributed by atoms with Crippen molar-refractivity contribution >= 4 is 23.4 Å². The summed E-state index contributed by atoms with van der Waals surface area (Å²) in [4.78, 5) is 13.8. The van der Waals surface area contributed by atoms with Gasteiger partial charge in [0.2, 0.25) is 5.91 Å². The molecule has 1 amide bonds. The average molecular weight is 235 g/mol. The first-order valence-electron chi connectivity index (χ1n) is 5.76. The Hall–Kier alpha value is -0.960. The number of hydrogen-bond donors (Lipinski definition) is 0. The van der Waals surface area contributed by atoms with Crippen LogP contribution < -0.4 is 4.90 Å². The van der Waals surface area contributed by atoms with E-state index < -0.39 is 0 Å². The van der Waals surface area contributed by atoms with E-state index in [1.54, 1.807) is 11.8 Å². The molecular weight excluding hydrogens is 218 g/mol. The van der Waals surface area contributed by atoms with Crippen LogP contribution in [0.4, 0.5) is 5.69 Å². The maximum atomic E-state index is 11.8. The summed E-state index contributed by atoms with van der Waals surface area (Å²) in [6.45, 7) is 4.29. The van der Waals surface area contributed by atoms with E-state index >= 15 is 0 Å². The Morgan fingerprint density at radius 2 is 1.88 bits per heavy atom. The van der Waals surface area contributed by atoms with Gasteiger partial charge < -0.3 is 4.90 Å². The molecule has 0 radical (unpaired) electrons. The van der Waals surface area contributed by atoms with E-state index in [1.807, 2.05) is 4.90 Å². The first-order valence-corrected chi connectivity index (χ1v) is 6.92. The summed E-state index contributed by atoms with van der Waals surface area (Å²) in [6, 6.07) is 6.35. The Balaban J connectivity index is 2.47. The van der Waals surface area contributed by atoms with Gasteiger partial charge in [0.25, 0.3) is 0 Å². The van der Waals surface area contributed by atoms with Crippen LogP contribution in [0, 0.1) is 0 Å². The number of thioether (sulfide) groups is 1. The van der Waals surface area contributed by atoms with E-state index in [2.05, 4.69) is 32.0 Å². The fraction of sp³-hybridized carbons (Fsp3) is 0.462. The molecule has 1 aliphatic heterocycles. The molecule has 0 aromatic heterocycles. The highest BCUT2D eigenvalue weighted by molar-refractivity contribution is 8.00. The standard InChI is InChI=1S/C13H17NOS/c1-3-10-6-5-7-11(4-2)13(10)14-9-16-8-12(14)15/h5-7H,3-4,8-9H2,1-2H3. The summed E-state index contributed by atoms with van der Waals surface area (Å²) in [6.07, 6.45) is 1.97. The van der Waals surface area contributed by atoms with Crippen molar-refractivity contribution in [1.82, 2.24) is 0 Å². The van der Waals surface area contributed by atoms with Crippen molar-refractivity contribution < 1.29 is 4.79 Å². The summed E-state index contributed by atoms with van der Waals surface area (Å²) in [5.41, 5.74) is 3.74. The first kappa shape index (κ1) is 11.5. The second kappa shape index (κ2) is 4.91. The highest BCUT2D eigenvalue weighted by atomic mass is 32.2. The molecule has 1 fully saturated rings. The Morgan fingerprint density at radius 3 is 2.31 bits per heavy atom. The first-order chi connectivity index (χ1) is 7.77. The van der Waals surface area contributed by atoms with Gasteiger partial charge in [-0.2, -0.15) is 0 Å². The molecular formula is C13H17NOS. The van der Waals surface area contributed by atoms with Crippen molar-refractivity contribution in [3.05, 3.63) is 29.3 Å². The monoisotopic (exact) mass is 235 g/mol. The summed E-state index contributed by atoms with van der Waals surface area (Å²) >= 11 is 1.70. The van der Waals surface area contributed by atoms with Gasteiger partial charge in [-0.1, -0.05) is 32.0 Å². The topological polar surface area (TPSA) is 20.3 Å². The fourth-order valence-electron chi connectivity index (χ4n) is 2.13.